The van der Waals surface area contributed by atoms with E-state index < -0.39 is 155 Å². The summed E-state index contributed by atoms with van der Waals surface area (Å²) in [6.07, 6.45) is -16.1. The number of Topliss-reactive ketones (excluding diaryl/α,β-unsaturated/α-hetero) is 1. The highest BCUT2D eigenvalue weighted by Crippen LogP contribution is 2.52. The van der Waals surface area contributed by atoms with Crippen molar-refractivity contribution in [2.75, 3.05) is 13.7 Å². The lowest BCUT2D eigenvalue weighted by molar-refractivity contribution is -0.387. The first-order chi connectivity index (χ1) is 29.8. The topological polar surface area (TPSA) is 341 Å². The molecular formula is C41H44N2O20. The molecule has 0 saturated carbocycles. The van der Waals surface area contributed by atoms with E-state index in [9.17, 15) is 70.1 Å². The van der Waals surface area contributed by atoms with Crippen LogP contribution < -0.4 is 14.8 Å². The molecule has 0 aromatic heterocycles. The normalized spacial score (nSPS) is 30.0. The first kappa shape index (κ1) is 45.2. The number of aliphatic hydroxyl groups is 6. The average Bonchev–Trinajstić information content (AvgIpc) is 3.24. The number of nitrogens with one attached hydrogen (secondary N) is 1. The summed E-state index contributed by atoms with van der Waals surface area (Å²) in [6, 6.07) is 6.49. The number of hydrogen-bond donors (Lipinski definition) is 9. The zero-order valence-electron chi connectivity index (χ0n) is 33.7. The second kappa shape index (κ2) is 17.4. The van der Waals surface area contributed by atoms with Gasteiger partial charge in [0.1, 0.15) is 60.0 Å². The maximum Gasteiger partial charge on any atom is 0.407 e. The Labute approximate surface area is 356 Å². The molecule has 2 saturated heterocycles. The Balaban J connectivity index is 1.08. The van der Waals surface area contributed by atoms with Crippen molar-refractivity contribution in [3.63, 3.8) is 0 Å². The highest BCUT2D eigenvalue weighted by molar-refractivity contribution is 6.31. The number of aromatic hydroxyl groups is 2. The Morgan fingerprint density at radius 3 is 2.33 bits per heavy atom. The quantitative estimate of drug-likeness (QED) is 0.0547. The Morgan fingerprint density at radius 2 is 1.67 bits per heavy atom. The van der Waals surface area contributed by atoms with Crippen LogP contribution in [0.3, 0.4) is 0 Å². The van der Waals surface area contributed by atoms with Crippen LogP contribution in [-0.4, -0.2) is 144 Å². The van der Waals surface area contributed by atoms with Gasteiger partial charge in [0.15, 0.2) is 23.6 Å². The number of nitro groups is 1. The van der Waals surface area contributed by atoms with Crippen molar-refractivity contribution in [3.05, 3.63) is 85.5 Å². The minimum absolute atomic E-state index is 0.0334. The predicted octanol–water partition coefficient (Wildman–Crippen LogP) is 0.0835. The smallest absolute Gasteiger partial charge is 0.407 e. The van der Waals surface area contributed by atoms with E-state index in [4.69, 9.17) is 28.4 Å². The third-order valence-electron chi connectivity index (χ3n) is 11.7. The van der Waals surface area contributed by atoms with Crippen LogP contribution in [-0.2, 0) is 36.8 Å². The van der Waals surface area contributed by atoms with Crippen molar-refractivity contribution in [3.8, 4) is 23.0 Å². The number of nitro benzene ring substituents is 1. The minimum atomic E-state index is -2.20. The van der Waals surface area contributed by atoms with Crippen molar-refractivity contribution in [1.29, 1.82) is 0 Å². The maximum absolute atomic E-state index is 14.0. The molecule has 11 atom stereocenters. The number of methoxy groups -OCH3 is 1. The molecule has 0 spiro atoms. The monoisotopic (exact) mass is 884 g/mol. The van der Waals surface area contributed by atoms with Crippen molar-refractivity contribution >= 4 is 29.1 Å². The fourth-order valence-corrected chi connectivity index (χ4v) is 8.29. The van der Waals surface area contributed by atoms with Gasteiger partial charge in [-0.3, -0.25) is 24.5 Å². The van der Waals surface area contributed by atoms with E-state index in [1.54, 1.807) is 0 Å². The fourth-order valence-electron chi connectivity index (χ4n) is 8.29. The molecule has 0 bridgehead atoms. The van der Waals surface area contributed by atoms with Gasteiger partial charge in [0.2, 0.25) is 12.1 Å². The van der Waals surface area contributed by atoms with E-state index in [1.807, 2.05) is 0 Å². The zero-order chi connectivity index (χ0) is 45.8. The molecule has 22 heteroatoms. The molecule has 63 heavy (non-hydrogen) atoms. The number of phenolic OH excluding ortho intramolecular Hbond substituents is 2. The molecule has 4 aliphatic rings. The summed E-state index contributed by atoms with van der Waals surface area (Å²) in [4.78, 5) is 64.7. The summed E-state index contributed by atoms with van der Waals surface area (Å²) in [5, 5.41) is 100. The van der Waals surface area contributed by atoms with E-state index >= 15 is 0 Å². The van der Waals surface area contributed by atoms with Crippen LogP contribution in [0.1, 0.15) is 81.3 Å². The van der Waals surface area contributed by atoms with Crippen LogP contribution in [0.5, 0.6) is 23.0 Å². The molecular weight excluding hydrogens is 840 g/mol. The lowest BCUT2D eigenvalue weighted by Crippen LogP contribution is -2.60. The molecule has 2 aliphatic heterocycles. The first-order valence-corrected chi connectivity index (χ1v) is 19.6. The van der Waals surface area contributed by atoms with Crippen LogP contribution >= 0.6 is 0 Å². The maximum atomic E-state index is 14.0. The minimum Gasteiger partial charge on any atom is -0.507 e. The van der Waals surface area contributed by atoms with Crippen molar-refractivity contribution < 1.29 is 93.4 Å². The lowest BCUT2D eigenvalue weighted by Gasteiger charge is -2.42. The summed E-state index contributed by atoms with van der Waals surface area (Å²) in [5.41, 5.74) is -4.56. The van der Waals surface area contributed by atoms with Crippen LogP contribution in [0.25, 0.3) is 0 Å². The Morgan fingerprint density at radius 1 is 0.952 bits per heavy atom. The SMILES string of the molecule is COc1cccc2c1C(=O)c1c(O)c3c(c(O)c1C2=O)CC(O)(C(C)=O)CC3O[C@H]1C[C@H](NC(=O)OCc2ccc(O[C@@H]3O[C@H](CO)[C@H](O)[C@H](O)[C@H]3O)c([N+](=O)[O-])c2)[C@H](O)[C@H](C)O1. The fraction of sp³-hybridized carbons (Fsp3) is 0.463. The number of fused-ring (bicyclic) bond motifs is 3. The number of hydrogen-bond acceptors (Lipinski definition) is 20. The second-order valence-electron chi connectivity index (χ2n) is 15.7. The van der Waals surface area contributed by atoms with Gasteiger partial charge in [-0.2, -0.15) is 0 Å². The number of alkyl carbamates (subject to hydrolysis) is 1. The largest absolute Gasteiger partial charge is 0.507 e. The summed E-state index contributed by atoms with van der Waals surface area (Å²) < 4.78 is 33.4. The number of carbonyl (C=O) groups excluding carboxylic acids is 4. The number of carbonyl (C=O) groups is 4. The molecule has 0 radical (unpaired) electrons. The highest BCUT2D eigenvalue weighted by atomic mass is 16.7. The summed E-state index contributed by atoms with van der Waals surface area (Å²) >= 11 is 0. The van der Waals surface area contributed by atoms with Gasteiger partial charge in [-0.1, -0.05) is 18.2 Å². The third kappa shape index (κ3) is 8.16. The van der Waals surface area contributed by atoms with Gasteiger partial charge in [-0.25, -0.2) is 4.79 Å². The number of aliphatic hydroxyl groups excluding tert-OH is 5. The van der Waals surface area contributed by atoms with E-state index in [2.05, 4.69) is 5.32 Å². The lowest BCUT2D eigenvalue weighted by atomic mass is 9.72. The molecule has 3 aromatic rings. The molecule has 2 unspecified atom stereocenters. The molecule has 2 aliphatic carbocycles. The molecule has 2 heterocycles. The zero-order valence-corrected chi connectivity index (χ0v) is 33.7. The summed E-state index contributed by atoms with van der Waals surface area (Å²) in [6.45, 7) is 1.23. The number of phenols is 2. The second-order valence-corrected chi connectivity index (χ2v) is 15.7. The first-order valence-electron chi connectivity index (χ1n) is 19.6. The van der Waals surface area contributed by atoms with Gasteiger partial charge in [0.25, 0.3) is 0 Å². The van der Waals surface area contributed by atoms with E-state index in [-0.39, 0.29) is 40.0 Å². The molecule has 22 nitrogen and oxygen atoms in total. The van der Waals surface area contributed by atoms with Gasteiger partial charge >= 0.3 is 11.8 Å². The summed E-state index contributed by atoms with van der Waals surface area (Å²) in [5.74, 6) is -4.31. The molecule has 9 N–H and O–H groups in total. The number of ketones is 3. The Kier molecular flexibility index (Phi) is 12.5. The number of ether oxygens (including phenoxy) is 6. The van der Waals surface area contributed by atoms with Crippen molar-refractivity contribution in [2.45, 2.75) is 107 Å². The van der Waals surface area contributed by atoms with Crippen LogP contribution in [0.4, 0.5) is 10.5 Å². The number of amides is 1. The molecule has 338 valence electrons. The van der Waals surface area contributed by atoms with Gasteiger partial charge < -0.3 is 74.6 Å². The van der Waals surface area contributed by atoms with Crippen molar-refractivity contribution in [2.24, 2.45) is 0 Å². The number of benzene rings is 3. The molecule has 3 aromatic carbocycles. The molecule has 1 amide bonds. The van der Waals surface area contributed by atoms with Crippen LogP contribution in [0, 0.1) is 10.1 Å². The van der Waals surface area contributed by atoms with Crippen molar-refractivity contribution in [1.82, 2.24) is 5.32 Å². The molecule has 7 rings (SSSR count). The predicted molar refractivity (Wildman–Crippen MR) is 207 cm³/mol. The van der Waals surface area contributed by atoms with Gasteiger partial charge in [-0.15, -0.1) is 0 Å². The Hall–Kier alpha value is -5.82. The van der Waals surface area contributed by atoms with E-state index in [0.717, 1.165) is 19.1 Å². The van der Waals surface area contributed by atoms with Gasteiger partial charge in [0, 0.05) is 42.0 Å². The molecule has 2 fully saturated rings. The van der Waals surface area contributed by atoms with Gasteiger partial charge in [-0.05, 0) is 31.5 Å². The van der Waals surface area contributed by atoms with E-state index in [0.29, 0.717) is 0 Å². The highest BCUT2D eigenvalue weighted by Gasteiger charge is 2.50. The van der Waals surface area contributed by atoms with Gasteiger partial charge in [0.05, 0.1) is 53.6 Å². The van der Waals surface area contributed by atoms with E-state index in [1.165, 1.54) is 38.3 Å². The number of rotatable bonds is 11. The summed E-state index contributed by atoms with van der Waals surface area (Å²) in [7, 11) is 1.28. The third-order valence-corrected chi connectivity index (χ3v) is 11.7. The van der Waals surface area contributed by atoms with Crippen LogP contribution in [0.15, 0.2) is 36.4 Å². The van der Waals surface area contributed by atoms with Crippen LogP contribution in [0.2, 0.25) is 0 Å². The number of nitrogens with zero attached hydrogens (tertiary/aromatic N) is 1. The Bertz CT molecular complexity index is 2350. The average molecular weight is 885 g/mol. The standard InChI is InChI=1S/C41H44N2O20/c1-15-31(46)20(42-40(54)59-14-17-7-8-22(21(9-17)43(56)57)62-39-38(53)37(52)34(49)25(13-44)63-39)10-26(60-15)61-24-12-41(55,16(2)45)11-19-28(24)36(51)30-29(33(19)48)32(47)18-5-4-6-23(58-3)27(18)35(30)50/h4-9,15,20,24-26,31,34,37-39,44,46,48-49,51-53,55H,10-14H2,1-3H3,(H,42,54)/t15-,20-,24?,25+,26-,31+,34-,37-,38+,39+,41?/m0/s1.